The largest absolute Gasteiger partial charge is 0.484 e. The first-order valence-corrected chi connectivity index (χ1v) is 8.41. The van der Waals surface area contributed by atoms with Gasteiger partial charge in [-0.3, -0.25) is 0 Å². The van der Waals surface area contributed by atoms with Crippen LogP contribution in [-0.4, -0.2) is 6.61 Å². The van der Waals surface area contributed by atoms with E-state index < -0.39 is 0 Å². The molecule has 1 atom stereocenters. The molecule has 0 saturated heterocycles. The molecule has 0 bridgehead atoms. The van der Waals surface area contributed by atoms with Gasteiger partial charge in [0, 0.05) is 0 Å². The Morgan fingerprint density at radius 3 is 2.50 bits per heavy atom. The Kier molecular flexibility index (Phi) is 9.01. The molecule has 1 rings (SSSR count). The molecule has 18 heavy (non-hydrogen) atoms. The lowest BCUT2D eigenvalue weighted by Gasteiger charge is -2.16. The van der Waals surface area contributed by atoms with Gasteiger partial charge in [0.2, 0.25) is 0 Å². The Labute approximate surface area is 117 Å². The zero-order valence-electron chi connectivity index (χ0n) is 12.0. The van der Waals surface area contributed by atoms with Gasteiger partial charge in [0.1, 0.15) is 0 Å². The molecule has 104 valence electrons. The Hall–Kier alpha value is -0.500. The Morgan fingerprint density at radius 2 is 1.83 bits per heavy atom. The van der Waals surface area contributed by atoms with Crippen LogP contribution in [0.25, 0.3) is 0 Å². The van der Waals surface area contributed by atoms with Crippen molar-refractivity contribution in [1.82, 2.24) is 0 Å². The average molecular weight is 268 g/mol. The SMILES string of the molecule is CCCCCCC(CCCC)COc1cccs1. The second kappa shape index (κ2) is 10.4. The first kappa shape index (κ1) is 15.6. The molecule has 0 N–H and O–H groups in total. The fourth-order valence-corrected chi connectivity index (χ4v) is 2.79. The van der Waals surface area contributed by atoms with Gasteiger partial charge in [-0.2, -0.15) is 0 Å². The molecule has 0 aromatic carbocycles. The highest BCUT2D eigenvalue weighted by Gasteiger charge is 2.09. The van der Waals surface area contributed by atoms with Crippen molar-refractivity contribution in [2.45, 2.75) is 65.2 Å². The van der Waals surface area contributed by atoms with Crippen LogP contribution in [-0.2, 0) is 0 Å². The van der Waals surface area contributed by atoms with E-state index in [4.69, 9.17) is 4.74 Å². The molecule has 0 aliphatic heterocycles. The van der Waals surface area contributed by atoms with E-state index in [0.717, 1.165) is 17.6 Å². The van der Waals surface area contributed by atoms with Crippen LogP contribution in [0.1, 0.15) is 65.2 Å². The van der Waals surface area contributed by atoms with Crippen LogP contribution in [0.2, 0.25) is 0 Å². The zero-order chi connectivity index (χ0) is 13.1. The van der Waals surface area contributed by atoms with Gasteiger partial charge >= 0.3 is 0 Å². The molecule has 0 amide bonds. The minimum atomic E-state index is 0.754. The fraction of sp³-hybridized carbons (Fsp3) is 0.750. The third-order valence-corrected chi connectivity index (χ3v) is 4.17. The van der Waals surface area contributed by atoms with E-state index in [1.807, 2.05) is 0 Å². The first-order chi connectivity index (χ1) is 8.86. The van der Waals surface area contributed by atoms with Crippen molar-refractivity contribution in [1.29, 1.82) is 0 Å². The van der Waals surface area contributed by atoms with E-state index in [1.165, 1.54) is 51.4 Å². The molecule has 1 heterocycles. The Balaban J connectivity index is 2.21. The van der Waals surface area contributed by atoms with Crippen LogP contribution in [0.4, 0.5) is 0 Å². The lowest BCUT2D eigenvalue weighted by Crippen LogP contribution is -2.12. The number of thiophene rings is 1. The molecule has 0 fully saturated rings. The molecule has 0 aliphatic carbocycles. The monoisotopic (exact) mass is 268 g/mol. The molecular weight excluding hydrogens is 240 g/mol. The maximum absolute atomic E-state index is 5.88. The van der Waals surface area contributed by atoms with E-state index in [0.29, 0.717) is 0 Å². The summed E-state index contributed by atoms with van der Waals surface area (Å²) < 4.78 is 5.88. The van der Waals surface area contributed by atoms with E-state index in [-0.39, 0.29) is 0 Å². The zero-order valence-corrected chi connectivity index (χ0v) is 12.8. The number of unbranched alkanes of at least 4 members (excludes halogenated alkanes) is 4. The Morgan fingerprint density at radius 1 is 1.06 bits per heavy atom. The summed E-state index contributed by atoms with van der Waals surface area (Å²) in [6, 6.07) is 4.13. The lowest BCUT2D eigenvalue weighted by molar-refractivity contribution is 0.230. The van der Waals surface area contributed by atoms with Crippen LogP contribution >= 0.6 is 11.3 Å². The molecule has 0 saturated carbocycles. The van der Waals surface area contributed by atoms with Gasteiger partial charge in [0.15, 0.2) is 5.06 Å². The quantitative estimate of drug-likeness (QED) is 0.454. The molecular formula is C16H28OS. The third-order valence-electron chi connectivity index (χ3n) is 3.39. The highest BCUT2D eigenvalue weighted by atomic mass is 32.1. The second-order valence-electron chi connectivity index (χ2n) is 5.10. The average Bonchev–Trinajstić information content (AvgIpc) is 2.90. The molecule has 0 radical (unpaired) electrons. The van der Waals surface area contributed by atoms with Crippen molar-refractivity contribution < 1.29 is 4.74 Å². The van der Waals surface area contributed by atoms with Crippen molar-refractivity contribution in [3.8, 4) is 5.06 Å². The lowest BCUT2D eigenvalue weighted by atomic mass is 9.96. The summed E-state index contributed by atoms with van der Waals surface area (Å²) in [6.07, 6.45) is 10.8. The van der Waals surface area contributed by atoms with Crippen LogP contribution in [0.5, 0.6) is 5.06 Å². The predicted molar refractivity (Wildman–Crippen MR) is 81.6 cm³/mol. The van der Waals surface area contributed by atoms with Gasteiger partial charge in [-0.25, -0.2) is 0 Å². The topological polar surface area (TPSA) is 9.23 Å². The molecule has 1 aromatic heterocycles. The maximum atomic E-state index is 5.88. The van der Waals surface area contributed by atoms with Crippen LogP contribution in [0.15, 0.2) is 17.5 Å². The van der Waals surface area contributed by atoms with E-state index >= 15 is 0 Å². The van der Waals surface area contributed by atoms with Crippen molar-refractivity contribution in [2.24, 2.45) is 5.92 Å². The van der Waals surface area contributed by atoms with Crippen LogP contribution in [0, 0.1) is 5.92 Å². The molecule has 1 unspecified atom stereocenters. The van der Waals surface area contributed by atoms with Gasteiger partial charge in [-0.15, -0.1) is 11.3 Å². The number of ether oxygens (including phenoxy) is 1. The van der Waals surface area contributed by atoms with Crippen molar-refractivity contribution in [3.05, 3.63) is 17.5 Å². The third kappa shape index (κ3) is 7.05. The number of hydrogen-bond acceptors (Lipinski definition) is 2. The molecule has 0 aliphatic rings. The first-order valence-electron chi connectivity index (χ1n) is 7.53. The number of rotatable bonds is 11. The maximum Gasteiger partial charge on any atom is 0.173 e. The van der Waals surface area contributed by atoms with Crippen molar-refractivity contribution >= 4 is 11.3 Å². The summed E-state index contributed by atoms with van der Waals surface area (Å²) >= 11 is 1.70. The van der Waals surface area contributed by atoms with E-state index in [9.17, 15) is 0 Å². The minimum Gasteiger partial charge on any atom is -0.484 e. The number of hydrogen-bond donors (Lipinski definition) is 0. The normalized spacial score (nSPS) is 12.6. The smallest absolute Gasteiger partial charge is 0.173 e. The van der Waals surface area contributed by atoms with Gasteiger partial charge in [-0.05, 0) is 36.3 Å². The van der Waals surface area contributed by atoms with Gasteiger partial charge < -0.3 is 4.74 Å². The Bertz CT molecular complexity index is 269. The highest BCUT2D eigenvalue weighted by molar-refractivity contribution is 7.11. The van der Waals surface area contributed by atoms with Crippen LogP contribution < -0.4 is 4.74 Å². The standard InChI is InChI=1S/C16H28OS/c1-3-5-7-8-11-15(10-6-4-2)14-17-16-12-9-13-18-16/h9,12-13,15H,3-8,10-11,14H2,1-2H3. The summed E-state index contributed by atoms with van der Waals surface area (Å²) in [5.74, 6) is 0.754. The second-order valence-corrected chi connectivity index (χ2v) is 6.01. The van der Waals surface area contributed by atoms with Crippen molar-refractivity contribution in [2.75, 3.05) is 6.61 Å². The van der Waals surface area contributed by atoms with E-state index in [1.54, 1.807) is 11.3 Å². The summed E-state index contributed by atoms with van der Waals surface area (Å²) in [5, 5.41) is 3.16. The van der Waals surface area contributed by atoms with Gasteiger partial charge in [-0.1, -0.05) is 52.4 Å². The minimum absolute atomic E-state index is 0.754. The molecule has 1 aromatic rings. The summed E-state index contributed by atoms with van der Waals surface area (Å²) in [6.45, 7) is 5.45. The molecule has 1 nitrogen and oxygen atoms in total. The van der Waals surface area contributed by atoms with Crippen LogP contribution in [0.3, 0.4) is 0 Å². The summed E-state index contributed by atoms with van der Waals surface area (Å²) in [4.78, 5) is 0. The summed E-state index contributed by atoms with van der Waals surface area (Å²) in [7, 11) is 0. The molecule has 2 heteroatoms. The predicted octanol–water partition coefficient (Wildman–Crippen LogP) is 5.90. The fourth-order valence-electron chi connectivity index (χ4n) is 2.21. The van der Waals surface area contributed by atoms with Gasteiger partial charge in [0.25, 0.3) is 0 Å². The summed E-state index contributed by atoms with van der Waals surface area (Å²) in [5.41, 5.74) is 0. The van der Waals surface area contributed by atoms with Crippen molar-refractivity contribution in [3.63, 3.8) is 0 Å². The van der Waals surface area contributed by atoms with E-state index in [2.05, 4.69) is 31.4 Å². The van der Waals surface area contributed by atoms with Gasteiger partial charge in [0.05, 0.1) is 6.61 Å². The molecule has 0 spiro atoms. The highest BCUT2D eigenvalue weighted by Crippen LogP contribution is 2.22.